The number of aryl methyl sites for hydroxylation is 1. The highest BCUT2D eigenvalue weighted by atomic mass is 32.2. The molecule has 0 bridgehead atoms. The van der Waals surface area contributed by atoms with Crippen molar-refractivity contribution in [3.8, 4) is 0 Å². The van der Waals surface area contributed by atoms with Gasteiger partial charge in [-0.3, -0.25) is 9.52 Å². The average Bonchev–Trinajstić information content (AvgIpc) is 2.86. The highest BCUT2D eigenvalue weighted by Gasteiger charge is 2.29. The first-order chi connectivity index (χ1) is 9.94. The topological polar surface area (TPSA) is 78.5 Å². The Morgan fingerprint density at radius 2 is 2.14 bits per heavy atom. The van der Waals surface area contributed by atoms with E-state index in [-0.39, 0.29) is 5.91 Å². The highest BCUT2D eigenvalue weighted by Crippen LogP contribution is 2.27. The standard InChI is InChI=1S/C14H19N3O3S/c1-10-6-7-17(9-10)21(19,20)16-12-3-4-13-11(8-12)2-5-14(18)15-13/h3-4,8,10,16H,2,5-7,9H2,1H3,(H,15,18)/t10-/m0/s1. The Labute approximate surface area is 124 Å². The van der Waals surface area contributed by atoms with Crippen molar-refractivity contribution in [3.05, 3.63) is 23.8 Å². The summed E-state index contributed by atoms with van der Waals surface area (Å²) in [6.45, 7) is 3.19. The number of amides is 1. The average molecular weight is 309 g/mol. The van der Waals surface area contributed by atoms with Gasteiger partial charge in [-0.25, -0.2) is 0 Å². The third-order valence-corrected chi connectivity index (χ3v) is 5.48. The van der Waals surface area contributed by atoms with Gasteiger partial charge in [0.05, 0.1) is 5.69 Å². The number of rotatable bonds is 3. The van der Waals surface area contributed by atoms with Gasteiger partial charge in [0, 0.05) is 25.2 Å². The van der Waals surface area contributed by atoms with Crippen LogP contribution >= 0.6 is 0 Å². The number of nitrogens with zero attached hydrogens (tertiary/aromatic N) is 1. The molecule has 2 heterocycles. The van der Waals surface area contributed by atoms with Gasteiger partial charge >= 0.3 is 10.2 Å². The molecular formula is C14H19N3O3S. The molecule has 6 nitrogen and oxygen atoms in total. The Morgan fingerprint density at radius 1 is 1.33 bits per heavy atom. The predicted octanol–water partition coefficient (Wildman–Crippen LogP) is 1.57. The zero-order valence-electron chi connectivity index (χ0n) is 11.9. The smallest absolute Gasteiger partial charge is 0.301 e. The van der Waals surface area contributed by atoms with Crippen LogP contribution in [-0.2, 0) is 21.4 Å². The van der Waals surface area contributed by atoms with Gasteiger partial charge in [-0.15, -0.1) is 0 Å². The van der Waals surface area contributed by atoms with Crippen molar-refractivity contribution in [2.45, 2.75) is 26.2 Å². The summed E-state index contributed by atoms with van der Waals surface area (Å²) in [6.07, 6.45) is 1.97. The van der Waals surface area contributed by atoms with E-state index in [0.29, 0.717) is 37.5 Å². The monoisotopic (exact) mass is 309 g/mol. The summed E-state index contributed by atoms with van der Waals surface area (Å²) in [5, 5.41) is 2.78. The van der Waals surface area contributed by atoms with E-state index in [0.717, 1.165) is 17.7 Å². The molecule has 2 aliphatic rings. The number of carbonyl (C=O) groups excluding carboxylic acids is 1. The number of anilines is 2. The van der Waals surface area contributed by atoms with Gasteiger partial charge in [0.1, 0.15) is 0 Å². The van der Waals surface area contributed by atoms with Crippen molar-refractivity contribution in [3.63, 3.8) is 0 Å². The highest BCUT2D eigenvalue weighted by molar-refractivity contribution is 7.90. The van der Waals surface area contributed by atoms with Crippen LogP contribution in [0.2, 0.25) is 0 Å². The second-order valence-electron chi connectivity index (χ2n) is 5.78. The third-order valence-electron chi connectivity index (χ3n) is 3.97. The SMILES string of the molecule is C[C@H]1CCN(S(=O)(=O)Nc2ccc3c(c2)CCC(=O)N3)C1. The normalized spacial score (nSPS) is 22.7. The molecule has 7 heteroatoms. The van der Waals surface area contributed by atoms with Gasteiger partial charge in [-0.2, -0.15) is 12.7 Å². The summed E-state index contributed by atoms with van der Waals surface area (Å²) in [5.74, 6) is 0.405. The fourth-order valence-corrected chi connectivity index (χ4v) is 4.12. The molecule has 1 saturated heterocycles. The van der Waals surface area contributed by atoms with Gasteiger partial charge < -0.3 is 5.32 Å². The van der Waals surface area contributed by atoms with Gasteiger partial charge in [0.15, 0.2) is 0 Å². The van der Waals surface area contributed by atoms with E-state index in [1.807, 2.05) is 0 Å². The van der Waals surface area contributed by atoms with Crippen molar-refractivity contribution in [1.82, 2.24) is 4.31 Å². The molecule has 1 amide bonds. The van der Waals surface area contributed by atoms with Gasteiger partial charge in [-0.05, 0) is 42.5 Å². The second-order valence-corrected chi connectivity index (χ2v) is 7.45. The van der Waals surface area contributed by atoms with Crippen molar-refractivity contribution in [1.29, 1.82) is 0 Å². The molecule has 1 aromatic rings. The molecule has 0 radical (unpaired) electrons. The maximum Gasteiger partial charge on any atom is 0.301 e. The number of fused-ring (bicyclic) bond motifs is 1. The number of carbonyl (C=O) groups is 1. The van der Waals surface area contributed by atoms with Crippen molar-refractivity contribution in [2.75, 3.05) is 23.1 Å². The van der Waals surface area contributed by atoms with E-state index in [4.69, 9.17) is 0 Å². The lowest BCUT2D eigenvalue weighted by molar-refractivity contribution is -0.116. The van der Waals surface area contributed by atoms with Crippen LogP contribution in [-0.4, -0.2) is 31.7 Å². The minimum atomic E-state index is -3.49. The van der Waals surface area contributed by atoms with Crippen molar-refractivity contribution >= 4 is 27.5 Å². The summed E-state index contributed by atoms with van der Waals surface area (Å²) >= 11 is 0. The van der Waals surface area contributed by atoms with E-state index in [9.17, 15) is 13.2 Å². The van der Waals surface area contributed by atoms with E-state index < -0.39 is 10.2 Å². The van der Waals surface area contributed by atoms with Crippen LogP contribution in [0, 0.1) is 5.92 Å². The zero-order valence-corrected chi connectivity index (χ0v) is 12.7. The quantitative estimate of drug-likeness (QED) is 0.889. The molecule has 2 aliphatic heterocycles. The lowest BCUT2D eigenvalue weighted by Crippen LogP contribution is -2.34. The van der Waals surface area contributed by atoms with Crippen LogP contribution < -0.4 is 10.0 Å². The van der Waals surface area contributed by atoms with Crippen LogP contribution in [0.25, 0.3) is 0 Å². The summed E-state index contributed by atoms with van der Waals surface area (Å²) in [5.41, 5.74) is 2.28. The fraction of sp³-hybridized carbons (Fsp3) is 0.500. The van der Waals surface area contributed by atoms with Gasteiger partial charge in [0.25, 0.3) is 0 Å². The van der Waals surface area contributed by atoms with E-state index in [1.54, 1.807) is 18.2 Å². The number of nitrogens with one attached hydrogen (secondary N) is 2. The number of hydrogen-bond donors (Lipinski definition) is 2. The molecule has 114 valence electrons. The van der Waals surface area contributed by atoms with Crippen LogP contribution in [0.1, 0.15) is 25.3 Å². The number of benzene rings is 1. The molecule has 0 spiro atoms. The lowest BCUT2D eigenvalue weighted by Gasteiger charge is -2.20. The van der Waals surface area contributed by atoms with Crippen LogP contribution in [0.5, 0.6) is 0 Å². The van der Waals surface area contributed by atoms with Crippen LogP contribution in [0.4, 0.5) is 11.4 Å². The first-order valence-electron chi connectivity index (χ1n) is 7.15. The summed E-state index contributed by atoms with van der Waals surface area (Å²) < 4.78 is 28.7. The zero-order chi connectivity index (χ0) is 15.0. The maximum atomic E-state index is 12.3. The molecule has 21 heavy (non-hydrogen) atoms. The molecule has 1 atom stereocenters. The molecule has 2 N–H and O–H groups in total. The summed E-state index contributed by atoms with van der Waals surface area (Å²) in [7, 11) is -3.49. The van der Waals surface area contributed by atoms with Crippen molar-refractivity contribution in [2.24, 2.45) is 5.92 Å². The maximum absolute atomic E-state index is 12.3. The summed E-state index contributed by atoms with van der Waals surface area (Å²) in [6, 6.07) is 5.23. The summed E-state index contributed by atoms with van der Waals surface area (Å²) in [4.78, 5) is 11.3. The largest absolute Gasteiger partial charge is 0.326 e. The Bertz CT molecular complexity index is 672. The lowest BCUT2D eigenvalue weighted by atomic mass is 10.0. The molecule has 1 aromatic carbocycles. The van der Waals surface area contributed by atoms with E-state index >= 15 is 0 Å². The molecule has 0 aliphatic carbocycles. The van der Waals surface area contributed by atoms with Gasteiger partial charge in [-0.1, -0.05) is 6.92 Å². The van der Waals surface area contributed by atoms with E-state index in [1.165, 1.54) is 4.31 Å². The third kappa shape index (κ3) is 3.03. The molecule has 0 saturated carbocycles. The Balaban J connectivity index is 1.77. The molecule has 0 aromatic heterocycles. The van der Waals surface area contributed by atoms with Crippen LogP contribution in [0.3, 0.4) is 0 Å². The minimum Gasteiger partial charge on any atom is -0.326 e. The fourth-order valence-electron chi connectivity index (χ4n) is 2.77. The van der Waals surface area contributed by atoms with Crippen molar-refractivity contribution < 1.29 is 13.2 Å². The molecule has 0 unspecified atom stereocenters. The minimum absolute atomic E-state index is 0.00175. The molecular weight excluding hydrogens is 290 g/mol. The van der Waals surface area contributed by atoms with Gasteiger partial charge in [0.2, 0.25) is 5.91 Å². The first kappa shape index (κ1) is 14.3. The van der Waals surface area contributed by atoms with E-state index in [2.05, 4.69) is 17.0 Å². The predicted molar refractivity (Wildman–Crippen MR) is 81.3 cm³/mol. The van der Waals surface area contributed by atoms with Crippen LogP contribution in [0.15, 0.2) is 18.2 Å². The Hall–Kier alpha value is -1.60. The molecule has 3 rings (SSSR count). The number of hydrogen-bond acceptors (Lipinski definition) is 3. The Morgan fingerprint density at radius 3 is 2.86 bits per heavy atom. The second kappa shape index (κ2) is 5.31. The first-order valence-corrected chi connectivity index (χ1v) is 8.59. The Kier molecular flexibility index (Phi) is 3.62. The molecule has 1 fully saturated rings.